The zero-order chi connectivity index (χ0) is 15.6. The molecule has 0 radical (unpaired) electrons. The lowest BCUT2D eigenvalue weighted by molar-refractivity contribution is 0.474. The molecular weight excluding hydrogens is 380 g/mol. The summed E-state index contributed by atoms with van der Waals surface area (Å²) < 4.78 is 27.2. The summed E-state index contributed by atoms with van der Waals surface area (Å²) >= 11 is 8.98. The summed E-state index contributed by atoms with van der Waals surface area (Å²) in [4.78, 5) is -0.178. The van der Waals surface area contributed by atoms with E-state index in [1.807, 2.05) is 6.07 Å². The molecule has 2 rings (SSSR count). The summed E-state index contributed by atoms with van der Waals surface area (Å²) in [6, 6.07) is 10.3. The largest absolute Gasteiger partial charge is 0.505 e. The van der Waals surface area contributed by atoms with E-state index in [9.17, 15) is 13.5 Å². The van der Waals surface area contributed by atoms with Crippen LogP contribution in [0.2, 0.25) is 5.02 Å². The van der Waals surface area contributed by atoms with Gasteiger partial charge in [-0.2, -0.15) is 5.26 Å². The highest BCUT2D eigenvalue weighted by Gasteiger charge is 2.20. The zero-order valence-electron chi connectivity index (χ0n) is 10.3. The first-order valence-electron chi connectivity index (χ1n) is 5.55. The van der Waals surface area contributed by atoms with Crippen LogP contribution in [0, 0.1) is 11.3 Å². The van der Waals surface area contributed by atoms with Gasteiger partial charge in [-0.15, -0.1) is 0 Å². The summed E-state index contributed by atoms with van der Waals surface area (Å²) in [6.45, 7) is 0. The van der Waals surface area contributed by atoms with Crippen LogP contribution in [0.4, 0.5) is 5.69 Å². The number of anilines is 1. The molecule has 2 N–H and O–H groups in total. The second-order valence-electron chi connectivity index (χ2n) is 4.00. The Hall–Kier alpha value is -1.75. The lowest BCUT2D eigenvalue weighted by atomic mass is 10.2. The average molecular weight is 388 g/mol. The lowest BCUT2D eigenvalue weighted by Crippen LogP contribution is -2.13. The van der Waals surface area contributed by atoms with Crippen LogP contribution in [0.5, 0.6) is 5.75 Å². The number of hydrogen-bond acceptors (Lipinski definition) is 4. The van der Waals surface area contributed by atoms with Gasteiger partial charge in [-0.05, 0) is 46.3 Å². The molecule has 21 heavy (non-hydrogen) atoms. The number of hydrogen-bond donors (Lipinski definition) is 2. The van der Waals surface area contributed by atoms with E-state index in [4.69, 9.17) is 16.9 Å². The number of phenols is 1. The monoisotopic (exact) mass is 386 g/mol. The van der Waals surface area contributed by atoms with Gasteiger partial charge in [0.2, 0.25) is 0 Å². The van der Waals surface area contributed by atoms with Crippen LogP contribution in [0.25, 0.3) is 0 Å². The number of para-hydroxylation sites is 1. The Morgan fingerprint density at radius 1 is 1.29 bits per heavy atom. The number of nitrogens with zero attached hydrogens (tertiary/aromatic N) is 1. The van der Waals surface area contributed by atoms with Crippen molar-refractivity contribution in [3.63, 3.8) is 0 Å². The number of nitriles is 1. The zero-order valence-corrected chi connectivity index (χ0v) is 13.5. The number of halogens is 2. The van der Waals surface area contributed by atoms with Crippen molar-refractivity contribution in [2.75, 3.05) is 4.72 Å². The molecule has 0 saturated heterocycles. The highest BCUT2D eigenvalue weighted by atomic mass is 79.9. The average Bonchev–Trinajstić information content (AvgIpc) is 2.43. The minimum absolute atomic E-state index is 0.0183. The minimum Gasteiger partial charge on any atom is -0.505 e. The van der Waals surface area contributed by atoms with Crippen LogP contribution in [0.15, 0.2) is 45.8 Å². The molecular formula is C13H8BrClN2O3S. The molecule has 0 aliphatic carbocycles. The van der Waals surface area contributed by atoms with Gasteiger partial charge in [0.25, 0.3) is 10.0 Å². The molecule has 5 nitrogen and oxygen atoms in total. The number of nitrogens with one attached hydrogen (secondary N) is 1. The second kappa shape index (κ2) is 5.93. The van der Waals surface area contributed by atoms with E-state index >= 15 is 0 Å². The van der Waals surface area contributed by atoms with Crippen LogP contribution in [-0.4, -0.2) is 13.5 Å². The molecule has 108 valence electrons. The van der Waals surface area contributed by atoms with Gasteiger partial charge in [0.1, 0.15) is 4.90 Å². The van der Waals surface area contributed by atoms with Crippen molar-refractivity contribution < 1.29 is 13.5 Å². The molecule has 0 spiro atoms. The highest BCUT2D eigenvalue weighted by Crippen LogP contribution is 2.34. The number of rotatable bonds is 3. The molecule has 0 aliphatic heterocycles. The number of phenolic OH excluding ortho intramolecular Hbond substituents is 1. The smallest absolute Gasteiger partial charge is 0.263 e. The Balaban J connectivity index is 2.44. The number of sulfonamides is 1. The number of benzene rings is 2. The maximum Gasteiger partial charge on any atom is 0.263 e. The number of aromatic hydroxyl groups is 1. The van der Waals surface area contributed by atoms with E-state index < -0.39 is 10.0 Å². The van der Waals surface area contributed by atoms with Gasteiger partial charge >= 0.3 is 0 Å². The summed E-state index contributed by atoms with van der Waals surface area (Å²) in [5, 5.41) is 18.5. The van der Waals surface area contributed by atoms with Crippen LogP contribution >= 0.6 is 27.5 Å². The van der Waals surface area contributed by atoms with E-state index in [0.717, 1.165) is 0 Å². The molecule has 0 fully saturated rings. The molecule has 0 aliphatic rings. The van der Waals surface area contributed by atoms with Crippen molar-refractivity contribution in [1.29, 1.82) is 5.26 Å². The first kappa shape index (κ1) is 15.6. The molecule has 8 heteroatoms. The third kappa shape index (κ3) is 3.29. The third-order valence-electron chi connectivity index (χ3n) is 2.58. The minimum atomic E-state index is -3.98. The van der Waals surface area contributed by atoms with E-state index in [2.05, 4.69) is 20.7 Å². The first-order valence-corrected chi connectivity index (χ1v) is 8.20. The maximum absolute atomic E-state index is 12.3. The van der Waals surface area contributed by atoms with E-state index in [0.29, 0.717) is 4.47 Å². The fourth-order valence-electron chi connectivity index (χ4n) is 1.59. The summed E-state index contributed by atoms with van der Waals surface area (Å²) in [5.41, 5.74) is 0.272. The molecule has 2 aromatic carbocycles. The molecule has 0 aromatic heterocycles. The highest BCUT2D eigenvalue weighted by molar-refractivity contribution is 9.10. The van der Waals surface area contributed by atoms with E-state index in [-0.39, 0.29) is 26.9 Å². The Bertz CT molecular complexity index is 847. The molecule has 0 amide bonds. The van der Waals surface area contributed by atoms with Crippen LogP contribution in [0.1, 0.15) is 5.56 Å². The van der Waals surface area contributed by atoms with Crippen molar-refractivity contribution in [1.82, 2.24) is 0 Å². The molecule has 0 bridgehead atoms. The van der Waals surface area contributed by atoms with Crippen LogP contribution in [0.3, 0.4) is 0 Å². The van der Waals surface area contributed by atoms with Crippen molar-refractivity contribution in [3.05, 3.63) is 51.5 Å². The van der Waals surface area contributed by atoms with Gasteiger partial charge in [-0.25, -0.2) is 8.42 Å². The van der Waals surface area contributed by atoms with E-state index in [1.54, 1.807) is 12.1 Å². The second-order valence-corrected chi connectivity index (χ2v) is 6.91. The Morgan fingerprint density at radius 3 is 2.62 bits per heavy atom. The van der Waals surface area contributed by atoms with Crippen LogP contribution < -0.4 is 4.72 Å². The lowest BCUT2D eigenvalue weighted by Gasteiger charge is -2.11. The van der Waals surface area contributed by atoms with Crippen molar-refractivity contribution in [3.8, 4) is 11.8 Å². The quantitative estimate of drug-likeness (QED) is 0.789. The Morgan fingerprint density at radius 2 is 2.00 bits per heavy atom. The summed E-state index contributed by atoms with van der Waals surface area (Å²) in [7, 11) is -3.98. The van der Waals surface area contributed by atoms with Gasteiger partial charge in [0.05, 0.1) is 26.8 Å². The Labute approximate surface area is 135 Å². The SMILES string of the molecule is N#Cc1ccc(S(=O)(=O)Nc2cccc(Br)c2O)c(Cl)c1. The van der Waals surface area contributed by atoms with Gasteiger partial charge in [-0.3, -0.25) is 4.72 Å². The normalized spacial score (nSPS) is 10.9. The molecule has 0 atom stereocenters. The third-order valence-corrected chi connectivity index (χ3v) is 5.07. The fourth-order valence-corrected chi connectivity index (χ4v) is 3.56. The van der Waals surface area contributed by atoms with Crippen molar-refractivity contribution in [2.24, 2.45) is 0 Å². The first-order chi connectivity index (χ1) is 9.85. The Kier molecular flexibility index (Phi) is 4.42. The van der Waals surface area contributed by atoms with Gasteiger partial charge in [0.15, 0.2) is 5.75 Å². The molecule has 0 unspecified atom stereocenters. The topological polar surface area (TPSA) is 90.2 Å². The fraction of sp³-hybridized carbons (Fsp3) is 0. The summed E-state index contributed by atoms with van der Waals surface area (Å²) in [6.07, 6.45) is 0. The van der Waals surface area contributed by atoms with Gasteiger partial charge in [0, 0.05) is 0 Å². The molecule has 0 heterocycles. The van der Waals surface area contributed by atoms with Crippen LogP contribution in [-0.2, 0) is 10.0 Å². The predicted octanol–water partition coefficient (Wildman–Crippen LogP) is 3.48. The van der Waals surface area contributed by atoms with Crippen molar-refractivity contribution >= 4 is 43.2 Å². The maximum atomic E-state index is 12.3. The van der Waals surface area contributed by atoms with E-state index in [1.165, 1.54) is 24.3 Å². The van der Waals surface area contributed by atoms with Crippen molar-refractivity contribution in [2.45, 2.75) is 4.90 Å². The standard InChI is InChI=1S/C13H8BrClN2O3S/c14-9-2-1-3-11(13(9)18)17-21(19,20)12-5-4-8(7-16)6-10(12)15/h1-6,17-18H. The van der Waals surface area contributed by atoms with Gasteiger partial charge in [-0.1, -0.05) is 17.7 Å². The predicted molar refractivity (Wildman–Crippen MR) is 82.8 cm³/mol. The molecule has 0 saturated carbocycles. The summed E-state index contributed by atoms with van der Waals surface area (Å²) in [5.74, 6) is -0.231. The van der Waals surface area contributed by atoms with Gasteiger partial charge < -0.3 is 5.11 Å². The molecule has 2 aromatic rings.